The Hall–Kier alpha value is -0.610. The van der Waals surface area contributed by atoms with Gasteiger partial charge in [-0.05, 0) is 34.8 Å². The smallest absolute Gasteiger partial charge is 0.179 e. The van der Waals surface area contributed by atoms with Gasteiger partial charge in [-0.25, -0.2) is 0 Å². The molecule has 1 aromatic heterocycles. The molecular formula is C10H11BrO3. The summed E-state index contributed by atoms with van der Waals surface area (Å²) in [6.07, 6.45) is 3.39. The Kier molecular flexibility index (Phi) is 3.03. The number of halogens is 1. The van der Waals surface area contributed by atoms with Crippen molar-refractivity contribution in [2.45, 2.75) is 12.8 Å². The monoisotopic (exact) mass is 258 g/mol. The SMILES string of the molecule is O=C(c1ccoc1Br)C1CCCOC1. The van der Waals surface area contributed by atoms with Crippen molar-refractivity contribution in [1.29, 1.82) is 0 Å². The third kappa shape index (κ3) is 1.91. The average molecular weight is 259 g/mol. The topological polar surface area (TPSA) is 39.4 Å². The molecule has 1 aromatic rings. The molecule has 1 unspecified atom stereocenters. The maximum Gasteiger partial charge on any atom is 0.179 e. The highest BCUT2D eigenvalue weighted by molar-refractivity contribution is 9.10. The van der Waals surface area contributed by atoms with E-state index in [2.05, 4.69) is 15.9 Å². The first-order valence-corrected chi connectivity index (χ1v) is 5.43. The van der Waals surface area contributed by atoms with E-state index in [1.807, 2.05) is 0 Å². The number of ether oxygens (including phenoxy) is 1. The van der Waals surface area contributed by atoms with E-state index in [0.29, 0.717) is 16.8 Å². The predicted molar refractivity (Wildman–Crippen MR) is 54.3 cm³/mol. The van der Waals surface area contributed by atoms with Crippen LogP contribution in [0.5, 0.6) is 0 Å². The van der Waals surface area contributed by atoms with Crippen molar-refractivity contribution in [3.63, 3.8) is 0 Å². The van der Waals surface area contributed by atoms with Crippen LogP contribution in [-0.4, -0.2) is 19.0 Å². The van der Waals surface area contributed by atoms with Gasteiger partial charge in [-0.2, -0.15) is 0 Å². The van der Waals surface area contributed by atoms with Crippen molar-refractivity contribution in [2.75, 3.05) is 13.2 Å². The number of rotatable bonds is 2. The van der Waals surface area contributed by atoms with Gasteiger partial charge in [-0.15, -0.1) is 0 Å². The molecule has 0 aromatic carbocycles. The lowest BCUT2D eigenvalue weighted by Gasteiger charge is -2.20. The minimum atomic E-state index is -0.00218. The van der Waals surface area contributed by atoms with Crippen LogP contribution < -0.4 is 0 Å². The summed E-state index contributed by atoms with van der Waals surface area (Å²) < 4.78 is 10.8. The second-order valence-electron chi connectivity index (χ2n) is 3.39. The second kappa shape index (κ2) is 4.28. The fourth-order valence-corrected chi connectivity index (χ4v) is 2.07. The number of carbonyl (C=O) groups is 1. The minimum Gasteiger partial charge on any atom is -0.457 e. The summed E-state index contributed by atoms with van der Waals surface area (Å²) in [5.74, 6) is 0.114. The molecule has 14 heavy (non-hydrogen) atoms. The second-order valence-corrected chi connectivity index (χ2v) is 4.11. The van der Waals surface area contributed by atoms with Gasteiger partial charge in [0.15, 0.2) is 10.5 Å². The van der Waals surface area contributed by atoms with Crippen molar-refractivity contribution in [3.8, 4) is 0 Å². The van der Waals surface area contributed by atoms with E-state index in [4.69, 9.17) is 9.15 Å². The van der Waals surface area contributed by atoms with Gasteiger partial charge < -0.3 is 9.15 Å². The van der Waals surface area contributed by atoms with Crippen molar-refractivity contribution in [2.24, 2.45) is 5.92 Å². The van der Waals surface area contributed by atoms with Gasteiger partial charge in [-0.3, -0.25) is 4.79 Å². The average Bonchev–Trinajstić information content (AvgIpc) is 2.65. The van der Waals surface area contributed by atoms with E-state index in [0.717, 1.165) is 19.4 Å². The summed E-state index contributed by atoms with van der Waals surface area (Å²) in [4.78, 5) is 11.9. The number of hydrogen-bond donors (Lipinski definition) is 0. The lowest BCUT2D eigenvalue weighted by Crippen LogP contribution is -2.25. The van der Waals surface area contributed by atoms with E-state index >= 15 is 0 Å². The van der Waals surface area contributed by atoms with Crippen molar-refractivity contribution in [3.05, 3.63) is 22.6 Å². The van der Waals surface area contributed by atoms with Crippen LogP contribution in [0.15, 0.2) is 21.4 Å². The standard InChI is InChI=1S/C10H11BrO3/c11-10-8(3-5-14-10)9(12)7-2-1-4-13-6-7/h3,5,7H,1-2,4,6H2. The lowest BCUT2D eigenvalue weighted by molar-refractivity contribution is 0.0460. The van der Waals surface area contributed by atoms with Crippen LogP contribution in [0.25, 0.3) is 0 Å². The van der Waals surface area contributed by atoms with Crippen LogP contribution in [0.1, 0.15) is 23.2 Å². The first kappa shape index (κ1) is 9.93. The first-order chi connectivity index (χ1) is 6.79. The van der Waals surface area contributed by atoms with Crippen molar-refractivity contribution in [1.82, 2.24) is 0 Å². The molecule has 1 saturated heterocycles. The zero-order valence-corrected chi connectivity index (χ0v) is 9.25. The van der Waals surface area contributed by atoms with Gasteiger partial charge in [0.2, 0.25) is 0 Å². The summed E-state index contributed by atoms with van der Waals surface area (Å²) in [5, 5.41) is 0. The number of hydrogen-bond acceptors (Lipinski definition) is 3. The van der Waals surface area contributed by atoms with Gasteiger partial charge in [-0.1, -0.05) is 0 Å². The van der Waals surface area contributed by atoms with Gasteiger partial charge in [0.1, 0.15) is 0 Å². The largest absolute Gasteiger partial charge is 0.457 e. The third-order valence-electron chi connectivity index (χ3n) is 2.41. The Labute approximate surface area is 90.6 Å². The molecule has 0 N–H and O–H groups in total. The number of carbonyl (C=O) groups excluding carboxylic acids is 1. The molecule has 4 heteroatoms. The molecule has 1 aliphatic rings. The van der Waals surface area contributed by atoms with E-state index in [9.17, 15) is 4.79 Å². The molecule has 1 fully saturated rings. The molecular weight excluding hydrogens is 248 g/mol. The molecule has 76 valence electrons. The molecule has 0 saturated carbocycles. The molecule has 1 aliphatic heterocycles. The fourth-order valence-electron chi connectivity index (χ4n) is 1.64. The Bertz CT molecular complexity index is 326. The Morgan fingerprint density at radius 2 is 2.43 bits per heavy atom. The summed E-state index contributed by atoms with van der Waals surface area (Å²) >= 11 is 3.21. The van der Waals surface area contributed by atoms with Gasteiger partial charge >= 0.3 is 0 Å². The molecule has 3 nitrogen and oxygen atoms in total. The zero-order valence-electron chi connectivity index (χ0n) is 7.66. The van der Waals surface area contributed by atoms with Crippen LogP contribution in [0, 0.1) is 5.92 Å². The quantitative estimate of drug-likeness (QED) is 0.766. The normalized spacial score (nSPS) is 22.2. The van der Waals surface area contributed by atoms with Gasteiger partial charge in [0.25, 0.3) is 0 Å². The molecule has 0 spiro atoms. The van der Waals surface area contributed by atoms with Gasteiger partial charge in [0, 0.05) is 12.5 Å². The Morgan fingerprint density at radius 1 is 1.57 bits per heavy atom. The lowest BCUT2D eigenvalue weighted by atomic mass is 9.94. The minimum absolute atomic E-state index is 0.00218. The third-order valence-corrected chi connectivity index (χ3v) is 3.03. The zero-order chi connectivity index (χ0) is 9.97. The molecule has 0 bridgehead atoms. The van der Waals surface area contributed by atoms with Crippen LogP contribution in [0.3, 0.4) is 0 Å². The highest BCUT2D eigenvalue weighted by atomic mass is 79.9. The molecule has 1 atom stereocenters. The van der Waals surface area contributed by atoms with Crippen molar-refractivity contribution < 1.29 is 13.9 Å². The van der Waals surface area contributed by atoms with Crippen LogP contribution >= 0.6 is 15.9 Å². The molecule has 0 radical (unpaired) electrons. The van der Waals surface area contributed by atoms with Crippen LogP contribution in [0.4, 0.5) is 0 Å². The Balaban J connectivity index is 2.11. The summed E-state index contributed by atoms with van der Waals surface area (Å²) in [6, 6.07) is 1.70. The van der Waals surface area contributed by atoms with Crippen molar-refractivity contribution >= 4 is 21.7 Å². The number of furan rings is 1. The first-order valence-electron chi connectivity index (χ1n) is 4.64. The fraction of sp³-hybridized carbons (Fsp3) is 0.500. The summed E-state index contributed by atoms with van der Waals surface area (Å²) in [7, 11) is 0. The number of ketones is 1. The predicted octanol–water partition coefficient (Wildman–Crippen LogP) is 2.65. The Morgan fingerprint density at radius 3 is 3.00 bits per heavy atom. The van der Waals surface area contributed by atoms with E-state index < -0.39 is 0 Å². The van der Waals surface area contributed by atoms with E-state index in [-0.39, 0.29) is 11.7 Å². The van der Waals surface area contributed by atoms with Crippen LogP contribution in [-0.2, 0) is 4.74 Å². The molecule has 2 rings (SSSR count). The van der Waals surface area contributed by atoms with E-state index in [1.165, 1.54) is 6.26 Å². The molecule has 0 aliphatic carbocycles. The van der Waals surface area contributed by atoms with Gasteiger partial charge in [0.05, 0.1) is 18.4 Å². The molecule has 0 amide bonds. The summed E-state index contributed by atoms with van der Waals surface area (Å²) in [5.41, 5.74) is 0.625. The number of Topliss-reactive ketones (excluding diaryl/α,β-unsaturated/α-hetero) is 1. The summed E-state index contributed by atoms with van der Waals surface area (Å²) in [6.45, 7) is 1.31. The van der Waals surface area contributed by atoms with Crippen LogP contribution in [0.2, 0.25) is 0 Å². The van der Waals surface area contributed by atoms with E-state index in [1.54, 1.807) is 6.07 Å². The maximum atomic E-state index is 11.9. The highest BCUT2D eigenvalue weighted by Crippen LogP contribution is 2.24. The molecule has 2 heterocycles. The maximum absolute atomic E-state index is 11.9. The highest BCUT2D eigenvalue weighted by Gasteiger charge is 2.25.